The fraction of sp³-hybridized carbons (Fsp3) is 0. The van der Waals surface area contributed by atoms with Gasteiger partial charge in [0.05, 0.1) is 16.5 Å². The second kappa shape index (κ2) is 8.31. The first-order valence-electron chi connectivity index (χ1n) is 9.05. The van der Waals surface area contributed by atoms with Crippen LogP contribution < -0.4 is 11.0 Å². The molecule has 5 nitrogen and oxygen atoms in total. The number of amides is 1. The average Bonchev–Trinajstić information content (AvgIpc) is 2.75. The molecule has 4 rings (SSSR count). The Morgan fingerprint density at radius 1 is 1.00 bits per heavy atom. The molecular formula is C23H15ClFN3O2. The first-order chi connectivity index (χ1) is 14.5. The molecule has 0 saturated carbocycles. The van der Waals surface area contributed by atoms with Crippen molar-refractivity contribution in [3.8, 4) is 11.4 Å². The summed E-state index contributed by atoms with van der Waals surface area (Å²) in [6.45, 7) is 0. The summed E-state index contributed by atoms with van der Waals surface area (Å²) in [7, 11) is 0. The van der Waals surface area contributed by atoms with Crippen LogP contribution in [0, 0.1) is 5.82 Å². The van der Waals surface area contributed by atoms with E-state index < -0.39 is 17.3 Å². The Morgan fingerprint density at radius 2 is 1.70 bits per heavy atom. The number of nitrogens with one attached hydrogen (secondary N) is 1. The third-order valence-corrected chi connectivity index (χ3v) is 4.78. The number of hydrogen-bond acceptors (Lipinski definition) is 3. The second-order valence-electron chi connectivity index (χ2n) is 6.40. The van der Waals surface area contributed by atoms with Gasteiger partial charge in [-0.2, -0.15) is 4.68 Å². The van der Waals surface area contributed by atoms with Gasteiger partial charge in [-0.3, -0.25) is 15.0 Å². The minimum atomic E-state index is -0.591. The van der Waals surface area contributed by atoms with Crippen molar-refractivity contribution < 1.29 is 9.18 Å². The first kappa shape index (κ1) is 19.5. The van der Waals surface area contributed by atoms with E-state index in [1.54, 1.807) is 54.6 Å². The van der Waals surface area contributed by atoms with Gasteiger partial charge in [0.1, 0.15) is 5.82 Å². The van der Waals surface area contributed by atoms with Crippen LogP contribution in [0.25, 0.3) is 28.4 Å². The first-order valence-corrected chi connectivity index (χ1v) is 9.42. The van der Waals surface area contributed by atoms with Gasteiger partial charge >= 0.3 is 0 Å². The van der Waals surface area contributed by atoms with E-state index in [4.69, 9.17) is 11.6 Å². The summed E-state index contributed by atoms with van der Waals surface area (Å²) in [5, 5.41) is 0.783. The normalized spacial score (nSPS) is 11.1. The maximum atomic E-state index is 14.4. The largest absolute Gasteiger partial charge is 0.280 e. The number of fused-ring (bicyclic) bond motifs is 1. The van der Waals surface area contributed by atoms with Crippen LogP contribution in [0.3, 0.4) is 0 Å². The Bertz CT molecular complexity index is 1350. The quantitative estimate of drug-likeness (QED) is 0.490. The standard InChI is InChI=1S/C23H15ClFN3O2/c24-18-10-4-1-7-15(18)13-14-21(29)27-28-22(16-8-2-5-11-19(16)25)26-20-12-6-3-9-17(20)23(28)30/h1-14H,(H,27,29)/b14-13+. The summed E-state index contributed by atoms with van der Waals surface area (Å²) >= 11 is 6.09. The molecule has 1 N–H and O–H groups in total. The summed E-state index contributed by atoms with van der Waals surface area (Å²) in [6, 6.07) is 19.6. The highest BCUT2D eigenvalue weighted by atomic mass is 35.5. The van der Waals surface area contributed by atoms with Gasteiger partial charge in [0.2, 0.25) is 0 Å². The van der Waals surface area contributed by atoms with Crippen molar-refractivity contribution in [2.24, 2.45) is 0 Å². The predicted molar refractivity (Wildman–Crippen MR) is 116 cm³/mol. The molecule has 3 aromatic carbocycles. The Labute approximate surface area is 176 Å². The Kier molecular flexibility index (Phi) is 5.41. The van der Waals surface area contributed by atoms with Crippen LogP contribution in [-0.4, -0.2) is 15.6 Å². The van der Waals surface area contributed by atoms with Crippen LogP contribution in [-0.2, 0) is 4.79 Å². The SMILES string of the molecule is O=C(/C=C/c1ccccc1Cl)Nn1c(-c2ccccc2F)nc2ccccc2c1=O. The van der Waals surface area contributed by atoms with Gasteiger partial charge in [-0.15, -0.1) is 0 Å². The molecule has 148 valence electrons. The van der Waals surface area contributed by atoms with E-state index in [0.29, 0.717) is 21.5 Å². The molecular weight excluding hydrogens is 405 g/mol. The van der Waals surface area contributed by atoms with E-state index in [-0.39, 0.29) is 11.4 Å². The smallest absolute Gasteiger partial charge is 0.268 e. The lowest BCUT2D eigenvalue weighted by Gasteiger charge is -2.14. The lowest BCUT2D eigenvalue weighted by molar-refractivity contribution is -0.112. The second-order valence-corrected chi connectivity index (χ2v) is 6.81. The zero-order chi connectivity index (χ0) is 21.1. The average molecular weight is 420 g/mol. The molecule has 7 heteroatoms. The summed E-state index contributed by atoms with van der Waals surface area (Å²) in [6.07, 6.45) is 2.77. The number of hydrogen-bond donors (Lipinski definition) is 1. The molecule has 30 heavy (non-hydrogen) atoms. The van der Waals surface area contributed by atoms with E-state index >= 15 is 0 Å². The molecule has 0 spiro atoms. The van der Waals surface area contributed by atoms with E-state index in [0.717, 1.165) is 4.68 Å². The molecule has 1 heterocycles. The van der Waals surface area contributed by atoms with E-state index in [1.165, 1.54) is 30.4 Å². The Morgan fingerprint density at radius 3 is 2.50 bits per heavy atom. The minimum Gasteiger partial charge on any atom is -0.268 e. The zero-order valence-electron chi connectivity index (χ0n) is 15.5. The van der Waals surface area contributed by atoms with Crippen molar-refractivity contribution in [1.82, 2.24) is 9.66 Å². The minimum absolute atomic E-state index is 0.00343. The van der Waals surface area contributed by atoms with Crippen LogP contribution in [0.4, 0.5) is 4.39 Å². The molecule has 0 unspecified atom stereocenters. The maximum absolute atomic E-state index is 14.4. The van der Waals surface area contributed by atoms with Gasteiger partial charge in [-0.25, -0.2) is 9.37 Å². The molecule has 0 bridgehead atoms. The number of aromatic nitrogens is 2. The monoisotopic (exact) mass is 419 g/mol. The van der Waals surface area contributed by atoms with Gasteiger partial charge in [-0.05, 0) is 42.0 Å². The van der Waals surface area contributed by atoms with Crippen LogP contribution in [0.2, 0.25) is 5.02 Å². The number of halogens is 2. The number of rotatable bonds is 4. The third-order valence-electron chi connectivity index (χ3n) is 4.43. The number of carbonyl (C=O) groups is 1. The predicted octanol–water partition coefficient (Wildman–Crippen LogP) is 4.64. The molecule has 0 aliphatic carbocycles. The van der Waals surface area contributed by atoms with E-state index in [2.05, 4.69) is 10.4 Å². The van der Waals surface area contributed by atoms with Gasteiger partial charge < -0.3 is 0 Å². The van der Waals surface area contributed by atoms with Gasteiger partial charge in [0.25, 0.3) is 11.5 Å². The summed E-state index contributed by atoms with van der Waals surface area (Å²) in [4.78, 5) is 30.0. The van der Waals surface area contributed by atoms with Crippen molar-refractivity contribution >= 4 is 34.5 Å². The molecule has 0 saturated heterocycles. The van der Waals surface area contributed by atoms with Gasteiger partial charge in [0, 0.05) is 11.1 Å². The van der Waals surface area contributed by atoms with Crippen LogP contribution in [0.1, 0.15) is 5.56 Å². The van der Waals surface area contributed by atoms with Crippen molar-refractivity contribution in [3.05, 3.63) is 106 Å². The molecule has 1 aromatic heterocycles. The van der Waals surface area contributed by atoms with E-state index in [1.807, 2.05) is 0 Å². The highest BCUT2D eigenvalue weighted by Crippen LogP contribution is 2.21. The number of carbonyl (C=O) groups excluding carboxylic acids is 1. The molecule has 0 atom stereocenters. The molecule has 0 aliphatic heterocycles. The van der Waals surface area contributed by atoms with Crippen LogP contribution in [0.5, 0.6) is 0 Å². The molecule has 0 radical (unpaired) electrons. The zero-order valence-corrected chi connectivity index (χ0v) is 16.3. The van der Waals surface area contributed by atoms with Crippen molar-refractivity contribution in [1.29, 1.82) is 0 Å². The lowest BCUT2D eigenvalue weighted by Crippen LogP contribution is -2.34. The molecule has 0 aliphatic rings. The molecule has 4 aromatic rings. The summed E-state index contributed by atoms with van der Waals surface area (Å²) in [5.41, 5.74) is 3.12. The fourth-order valence-corrected chi connectivity index (χ4v) is 3.18. The summed E-state index contributed by atoms with van der Waals surface area (Å²) < 4.78 is 15.4. The number of nitrogens with zero attached hydrogens (tertiary/aromatic N) is 2. The molecule has 1 amide bonds. The van der Waals surface area contributed by atoms with Gasteiger partial charge in [0.15, 0.2) is 5.82 Å². The lowest BCUT2D eigenvalue weighted by atomic mass is 10.1. The number of para-hydroxylation sites is 1. The van der Waals surface area contributed by atoms with Crippen molar-refractivity contribution in [2.75, 3.05) is 5.43 Å². The number of benzene rings is 3. The highest BCUT2D eigenvalue weighted by molar-refractivity contribution is 6.32. The van der Waals surface area contributed by atoms with Gasteiger partial charge in [-0.1, -0.05) is 54.1 Å². The Hall–Kier alpha value is -3.77. The van der Waals surface area contributed by atoms with Crippen molar-refractivity contribution in [3.63, 3.8) is 0 Å². The maximum Gasteiger partial charge on any atom is 0.280 e. The highest BCUT2D eigenvalue weighted by Gasteiger charge is 2.16. The van der Waals surface area contributed by atoms with E-state index in [9.17, 15) is 14.0 Å². The molecule has 0 fully saturated rings. The topological polar surface area (TPSA) is 64.0 Å². The van der Waals surface area contributed by atoms with Crippen LogP contribution >= 0.6 is 11.6 Å². The third kappa shape index (κ3) is 3.86. The fourth-order valence-electron chi connectivity index (χ4n) is 2.98. The Balaban J connectivity index is 1.79. The van der Waals surface area contributed by atoms with Crippen molar-refractivity contribution in [2.45, 2.75) is 0 Å². The van der Waals surface area contributed by atoms with Crippen LogP contribution in [0.15, 0.2) is 83.7 Å². The summed E-state index contributed by atoms with van der Waals surface area (Å²) in [5.74, 6) is -1.16.